The Balaban J connectivity index is 1.98. The molecule has 0 saturated heterocycles. The molecule has 2 rings (SSSR count). The van der Waals surface area contributed by atoms with Crippen molar-refractivity contribution in [1.29, 1.82) is 0 Å². The predicted octanol–water partition coefficient (Wildman–Crippen LogP) is 3.24. The Morgan fingerprint density at radius 3 is 2.48 bits per heavy atom. The number of carbonyl (C=O) groups is 1. The van der Waals surface area contributed by atoms with Crippen LogP contribution < -0.4 is 5.32 Å². The second kappa shape index (κ2) is 9.30. The first-order valence-corrected chi connectivity index (χ1v) is 8.37. The molecule has 4 nitrogen and oxygen atoms in total. The number of hydrogen-bond acceptors (Lipinski definition) is 3. The predicted molar refractivity (Wildman–Crippen MR) is 96.2 cm³/mol. The van der Waals surface area contributed by atoms with Gasteiger partial charge in [-0.1, -0.05) is 24.3 Å². The van der Waals surface area contributed by atoms with Gasteiger partial charge < -0.3 is 15.2 Å². The normalized spacial score (nSPS) is 10.7. The molecule has 0 spiro atoms. The maximum atomic E-state index is 14.3. The van der Waals surface area contributed by atoms with Crippen LogP contribution in [0.2, 0.25) is 0 Å². The lowest BCUT2D eigenvalue weighted by Gasteiger charge is -2.09. The molecule has 0 aliphatic heterocycles. The summed E-state index contributed by atoms with van der Waals surface area (Å²) in [5, 5.41) is 11.3. The SMILES string of the molecule is Cc1ccc(-c2ccc(C(=O)NCCCOCCO)c(F)c2)cc1C. The van der Waals surface area contributed by atoms with Crippen LogP contribution in [0.15, 0.2) is 36.4 Å². The molecule has 0 radical (unpaired) electrons. The van der Waals surface area contributed by atoms with Crippen LogP contribution in [0.3, 0.4) is 0 Å². The van der Waals surface area contributed by atoms with Crippen LogP contribution in [0.25, 0.3) is 11.1 Å². The number of aliphatic hydroxyl groups excluding tert-OH is 1. The Morgan fingerprint density at radius 1 is 1.08 bits per heavy atom. The summed E-state index contributed by atoms with van der Waals surface area (Å²) in [5.41, 5.74) is 4.03. The molecule has 1 amide bonds. The van der Waals surface area contributed by atoms with Crippen LogP contribution in [0.4, 0.5) is 4.39 Å². The maximum Gasteiger partial charge on any atom is 0.254 e. The second-order valence-corrected chi connectivity index (χ2v) is 5.94. The van der Waals surface area contributed by atoms with Gasteiger partial charge in [0.15, 0.2) is 0 Å². The fourth-order valence-electron chi connectivity index (χ4n) is 2.44. The molecular weight excluding hydrogens is 321 g/mol. The van der Waals surface area contributed by atoms with Crippen molar-refractivity contribution in [2.45, 2.75) is 20.3 Å². The van der Waals surface area contributed by atoms with E-state index in [0.29, 0.717) is 19.6 Å². The first-order valence-electron chi connectivity index (χ1n) is 8.37. The van der Waals surface area contributed by atoms with Crippen LogP contribution in [-0.4, -0.2) is 37.4 Å². The largest absolute Gasteiger partial charge is 0.394 e. The van der Waals surface area contributed by atoms with Gasteiger partial charge in [-0.15, -0.1) is 0 Å². The number of halogens is 1. The summed E-state index contributed by atoms with van der Waals surface area (Å²) >= 11 is 0. The summed E-state index contributed by atoms with van der Waals surface area (Å²) in [6.45, 7) is 5.13. The standard InChI is InChI=1S/C20H24FNO3/c1-14-4-5-16(12-15(14)2)17-6-7-18(19(21)13-17)20(24)22-8-3-10-25-11-9-23/h4-7,12-13,23H,3,8-11H2,1-2H3,(H,22,24). The third-order valence-electron chi connectivity index (χ3n) is 4.04. The summed E-state index contributed by atoms with van der Waals surface area (Å²) in [4.78, 5) is 12.1. The molecule has 2 aromatic rings. The van der Waals surface area contributed by atoms with Gasteiger partial charge in [-0.05, 0) is 54.7 Å². The van der Waals surface area contributed by atoms with Gasteiger partial charge in [0.05, 0.1) is 18.8 Å². The molecule has 134 valence electrons. The first kappa shape index (κ1) is 19.1. The maximum absolute atomic E-state index is 14.3. The van der Waals surface area contributed by atoms with Gasteiger partial charge in [-0.3, -0.25) is 4.79 Å². The lowest BCUT2D eigenvalue weighted by Crippen LogP contribution is -2.26. The topological polar surface area (TPSA) is 58.6 Å². The third-order valence-corrected chi connectivity index (χ3v) is 4.04. The Kier molecular flexibility index (Phi) is 7.10. The van der Waals surface area contributed by atoms with Crippen molar-refractivity contribution in [3.63, 3.8) is 0 Å². The molecule has 0 atom stereocenters. The summed E-state index contributed by atoms with van der Waals surface area (Å²) in [6.07, 6.45) is 0.605. The van der Waals surface area contributed by atoms with Gasteiger partial charge in [-0.25, -0.2) is 4.39 Å². The Morgan fingerprint density at radius 2 is 1.80 bits per heavy atom. The van der Waals surface area contributed by atoms with E-state index in [-0.39, 0.29) is 18.8 Å². The molecule has 0 unspecified atom stereocenters. The lowest BCUT2D eigenvalue weighted by atomic mass is 9.99. The Labute approximate surface area is 147 Å². The van der Waals surface area contributed by atoms with Crippen molar-refractivity contribution >= 4 is 5.91 Å². The van der Waals surface area contributed by atoms with Gasteiger partial charge in [0.2, 0.25) is 0 Å². The Bertz CT molecular complexity index is 731. The number of rotatable bonds is 8. The van der Waals surface area contributed by atoms with Gasteiger partial charge >= 0.3 is 0 Å². The summed E-state index contributed by atoms with van der Waals surface area (Å²) in [7, 11) is 0. The monoisotopic (exact) mass is 345 g/mol. The van der Waals surface area contributed by atoms with Crippen molar-refractivity contribution in [2.75, 3.05) is 26.4 Å². The highest BCUT2D eigenvalue weighted by Gasteiger charge is 2.12. The number of aryl methyl sites for hydroxylation is 2. The average Bonchev–Trinajstić information content (AvgIpc) is 2.60. The van der Waals surface area contributed by atoms with Crippen molar-refractivity contribution in [1.82, 2.24) is 5.32 Å². The minimum absolute atomic E-state index is 0.0234. The van der Waals surface area contributed by atoms with Gasteiger partial charge in [0.1, 0.15) is 5.82 Å². The average molecular weight is 345 g/mol. The van der Waals surface area contributed by atoms with Crippen LogP contribution in [0.1, 0.15) is 27.9 Å². The summed E-state index contributed by atoms with van der Waals surface area (Å²) < 4.78 is 19.4. The number of aliphatic hydroxyl groups is 1. The molecule has 0 fully saturated rings. The highest BCUT2D eigenvalue weighted by Crippen LogP contribution is 2.24. The van der Waals surface area contributed by atoms with Gasteiger partial charge in [0, 0.05) is 13.2 Å². The zero-order valence-electron chi connectivity index (χ0n) is 14.6. The lowest BCUT2D eigenvalue weighted by molar-refractivity contribution is 0.0866. The minimum Gasteiger partial charge on any atom is -0.394 e. The molecule has 2 N–H and O–H groups in total. The number of nitrogens with one attached hydrogen (secondary N) is 1. The van der Waals surface area contributed by atoms with Crippen molar-refractivity contribution in [3.8, 4) is 11.1 Å². The highest BCUT2D eigenvalue weighted by atomic mass is 19.1. The molecule has 25 heavy (non-hydrogen) atoms. The van der Waals surface area contributed by atoms with Crippen molar-refractivity contribution in [3.05, 3.63) is 58.9 Å². The van der Waals surface area contributed by atoms with Crippen molar-refractivity contribution < 1.29 is 19.0 Å². The van der Waals surface area contributed by atoms with E-state index < -0.39 is 11.7 Å². The van der Waals surface area contributed by atoms with Crippen LogP contribution in [0.5, 0.6) is 0 Å². The second-order valence-electron chi connectivity index (χ2n) is 5.94. The Hall–Kier alpha value is -2.24. The molecule has 0 aliphatic rings. The van der Waals surface area contributed by atoms with Gasteiger partial charge in [-0.2, -0.15) is 0 Å². The molecule has 0 saturated carbocycles. The van der Waals surface area contributed by atoms with E-state index in [9.17, 15) is 9.18 Å². The summed E-state index contributed by atoms with van der Waals surface area (Å²) in [6, 6.07) is 10.6. The number of hydrogen-bond donors (Lipinski definition) is 2. The van der Waals surface area contributed by atoms with Crippen LogP contribution in [0, 0.1) is 19.7 Å². The number of benzene rings is 2. The number of amides is 1. The summed E-state index contributed by atoms with van der Waals surface area (Å²) in [5.74, 6) is -0.976. The molecule has 0 aromatic heterocycles. The molecular formula is C20H24FNO3. The van der Waals surface area contributed by atoms with E-state index in [1.807, 2.05) is 32.0 Å². The first-order chi connectivity index (χ1) is 12.0. The molecule has 0 heterocycles. The number of carbonyl (C=O) groups excluding carboxylic acids is 1. The van der Waals surface area contributed by atoms with E-state index >= 15 is 0 Å². The fourth-order valence-corrected chi connectivity index (χ4v) is 2.44. The molecule has 0 aliphatic carbocycles. The van der Waals surface area contributed by atoms with Gasteiger partial charge in [0.25, 0.3) is 5.91 Å². The molecule has 2 aromatic carbocycles. The highest BCUT2D eigenvalue weighted by molar-refractivity contribution is 5.95. The van der Waals surface area contributed by atoms with E-state index in [4.69, 9.17) is 9.84 Å². The van der Waals surface area contributed by atoms with E-state index in [1.54, 1.807) is 6.07 Å². The third kappa shape index (κ3) is 5.37. The zero-order valence-corrected chi connectivity index (χ0v) is 14.6. The van der Waals surface area contributed by atoms with E-state index in [1.165, 1.54) is 17.7 Å². The number of ether oxygens (including phenoxy) is 1. The molecule has 5 heteroatoms. The van der Waals surface area contributed by atoms with E-state index in [2.05, 4.69) is 5.32 Å². The fraction of sp³-hybridized carbons (Fsp3) is 0.350. The van der Waals surface area contributed by atoms with Crippen LogP contribution >= 0.6 is 0 Å². The zero-order chi connectivity index (χ0) is 18.2. The quantitative estimate of drug-likeness (QED) is 0.722. The smallest absolute Gasteiger partial charge is 0.254 e. The van der Waals surface area contributed by atoms with Crippen LogP contribution in [-0.2, 0) is 4.74 Å². The van der Waals surface area contributed by atoms with E-state index in [0.717, 1.165) is 16.7 Å². The minimum atomic E-state index is -0.537. The van der Waals surface area contributed by atoms with Crippen molar-refractivity contribution in [2.24, 2.45) is 0 Å². The molecule has 0 bridgehead atoms.